The topological polar surface area (TPSA) is 63.3 Å². The predicted molar refractivity (Wildman–Crippen MR) is 99.5 cm³/mol. The van der Waals surface area contributed by atoms with Crippen LogP contribution >= 0.6 is 0 Å². The molecule has 0 aliphatic heterocycles. The van der Waals surface area contributed by atoms with Crippen molar-refractivity contribution in [2.75, 3.05) is 0 Å². The molecule has 0 unspecified atom stereocenters. The first-order chi connectivity index (χ1) is 11.1. The van der Waals surface area contributed by atoms with Crippen LogP contribution < -0.4 is 5.73 Å². The van der Waals surface area contributed by atoms with E-state index in [1.807, 2.05) is 0 Å². The molecule has 3 nitrogen and oxygen atoms in total. The standard InChI is InChI=1S/C20H39NO2/c1-3-4-5-6-7-8-9-10-11-12-13-14-15-16-17-19(18(2)22)20(21)23/h22H,3-17H2,1-2H3,(H2,21,23)/b19-18-. The van der Waals surface area contributed by atoms with Crippen LogP contribution in [0.1, 0.15) is 110 Å². The van der Waals surface area contributed by atoms with E-state index in [0.29, 0.717) is 12.0 Å². The Morgan fingerprint density at radius 1 is 0.739 bits per heavy atom. The zero-order valence-corrected chi connectivity index (χ0v) is 15.5. The number of aliphatic hydroxyl groups is 1. The van der Waals surface area contributed by atoms with Gasteiger partial charge in [0.15, 0.2) is 0 Å². The first-order valence-electron chi connectivity index (χ1n) is 9.78. The van der Waals surface area contributed by atoms with Gasteiger partial charge in [-0.1, -0.05) is 90.4 Å². The number of primary amides is 1. The lowest BCUT2D eigenvalue weighted by Crippen LogP contribution is -2.15. The average Bonchev–Trinajstić information content (AvgIpc) is 2.50. The lowest BCUT2D eigenvalue weighted by atomic mass is 10.0. The van der Waals surface area contributed by atoms with E-state index in [2.05, 4.69) is 6.92 Å². The molecule has 0 spiro atoms. The summed E-state index contributed by atoms with van der Waals surface area (Å²) in [6.07, 6.45) is 19.0. The van der Waals surface area contributed by atoms with Gasteiger partial charge in [-0.05, 0) is 19.8 Å². The molecule has 3 N–H and O–H groups in total. The number of carbonyl (C=O) groups excluding carboxylic acids is 1. The molecule has 0 heterocycles. The molecule has 0 bridgehead atoms. The van der Waals surface area contributed by atoms with Crippen molar-refractivity contribution in [1.29, 1.82) is 0 Å². The Balaban J connectivity index is 3.28. The molecule has 0 aromatic carbocycles. The van der Waals surface area contributed by atoms with Crippen molar-refractivity contribution in [2.45, 2.75) is 110 Å². The van der Waals surface area contributed by atoms with Gasteiger partial charge in [0.25, 0.3) is 0 Å². The van der Waals surface area contributed by atoms with Gasteiger partial charge in [-0.3, -0.25) is 4.79 Å². The third kappa shape index (κ3) is 14.3. The fourth-order valence-corrected chi connectivity index (χ4v) is 2.98. The van der Waals surface area contributed by atoms with Crippen molar-refractivity contribution in [3.63, 3.8) is 0 Å². The normalized spacial score (nSPS) is 12.3. The summed E-state index contributed by atoms with van der Waals surface area (Å²) in [6, 6.07) is 0. The Morgan fingerprint density at radius 3 is 1.39 bits per heavy atom. The van der Waals surface area contributed by atoms with E-state index in [-0.39, 0.29) is 5.76 Å². The summed E-state index contributed by atoms with van der Waals surface area (Å²) in [5.74, 6) is -0.410. The minimum atomic E-state index is -0.486. The largest absolute Gasteiger partial charge is 0.512 e. The van der Waals surface area contributed by atoms with E-state index in [4.69, 9.17) is 5.73 Å². The molecule has 3 heteroatoms. The van der Waals surface area contributed by atoms with Crippen LogP contribution in [0.25, 0.3) is 0 Å². The quantitative estimate of drug-likeness (QED) is 0.202. The number of unbranched alkanes of at least 4 members (excludes halogenated alkanes) is 13. The maximum atomic E-state index is 11.1. The van der Waals surface area contributed by atoms with Gasteiger partial charge in [0.2, 0.25) is 5.91 Å². The van der Waals surface area contributed by atoms with E-state index < -0.39 is 5.91 Å². The molecule has 0 aromatic rings. The predicted octanol–water partition coefficient (Wildman–Crippen LogP) is 6.18. The average molecular weight is 326 g/mol. The summed E-state index contributed by atoms with van der Waals surface area (Å²) in [7, 11) is 0. The Morgan fingerprint density at radius 2 is 1.09 bits per heavy atom. The second kappa shape index (κ2) is 15.9. The number of rotatable bonds is 16. The van der Waals surface area contributed by atoms with Gasteiger partial charge in [-0.2, -0.15) is 0 Å². The molecule has 23 heavy (non-hydrogen) atoms. The van der Waals surface area contributed by atoms with Crippen molar-refractivity contribution < 1.29 is 9.90 Å². The highest BCUT2D eigenvalue weighted by Crippen LogP contribution is 2.15. The van der Waals surface area contributed by atoms with Crippen LogP contribution in [0.2, 0.25) is 0 Å². The number of aliphatic hydroxyl groups excluding tert-OH is 1. The second-order valence-electron chi connectivity index (χ2n) is 6.77. The summed E-state index contributed by atoms with van der Waals surface area (Å²) >= 11 is 0. The zero-order chi connectivity index (χ0) is 17.3. The lowest BCUT2D eigenvalue weighted by molar-refractivity contribution is -0.114. The molecule has 0 aliphatic rings. The Hall–Kier alpha value is -0.990. The monoisotopic (exact) mass is 325 g/mol. The highest BCUT2D eigenvalue weighted by Gasteiger charge is 2.08. The first-order valence-corrected chi connectivity index (χ1v) is 9.78. The van der Waals surface area contributed by atoms with Crippen LogP contribution in [-0.2, 0) is 4.79 Å². The Kier molecular flexibility index (Phi) is 15.2. The highest BCUT2D eigenvalue weighted by atomic mass is 16.3. The molecular weight excluding hydrogens is 286 g/mol. The SMILES string of the molecule is CCCCCCCCCCCCCCCC/C(C(N)=O)=C(\C)O. The molecule has 0 aliphatic carbocycles. The van der Waals surface area contributed by atoms with Gasteiger partial charge in [0.05, 0.1) is 11.3 Å². The highest BCUT2D eigenvalue weighted by molar-refractivity contribution is 5.92. The molecule has 0 fully saturated rings. The maximum absolute atomic E-state index is 11.1. The van der Waals surface area contributed by atoms with Crippen LogP contribution in [0.5, 0.6) is 0 Å². The van der Waals surface area contributed by atoms with Crippen molar-refractivity contribution in [3.8, 4) is 0 Å². The molecule has 0 rings (SSSR count). The van der Waals surface area contributed by atoms with E-state index in [1.54, 1.807) is 0 Å². The molecule has 1 amide bonds. The molecular formula is C20H39NO2. The van der Waals surface area contributed by atoms with Gasteiger partial charge in [0, 0.05) is 0 Å². The van der Waals surface area contributed by atoms with Gasteiger partial charge in [-0.25, -0.2) is 0 Å². The molecule has 0 atom stereocenters. The van der Waals surface area contributed by atoms with E-state index in [9.17, 15) is 9.90 Å². The van der Waals surface area contributed by atoms with Crippen LogP contribution in [0.3, 0.4) is 0 Å². The van der Waals surface area contributed by atoms with Crippen LogP contribution in [0, 0.1) is 0 Å². The molecule has 136 valence electrons. The molecule has 0 saturated heterocycles. The number of amides is 1. The van der Waals surface area contributed by atoms with Crippen LogP contribution in [-0.4, -0.2) is 11.0 Å². The fraction of sp³-hybridized carbons (Fsp3) is 0.850. The third-order valence-electron chi connectivity index (χ3n) is 4.51. The minimum Gasteiger partial charge on any atom is -0.512 e. The Labute approximate surface area is 143 Å². The van der Waals surface area contributed by atoms with E-state index in [1.165, 1.54) is 84.0 Å². The van der Waals surface area contributed by atoms with Crippen molar-refractivity contribution in [1.82, 2.24) is 0 Å². The van der Waals surface area contributed by atoms with E-state index >= 15 is 0 Å². The summed E-state index contributed by atoms with van der Waals surface area (Å²) in [5.41, 5.74) is 5.63. The summed E-state index contributed by atoms with van der Waals surface area (Å²) in [6.45, 7) is 3.80. The maximum Gasteiger partial charge on any atom is 0.247 e. The van der Waals surface area contributed by atoms with Crippen molar-refractivity contribution in [3.05, 3.63) is 11.3 Å². The molecule has 0 aromatic heterocycles. The zero-order valence-electron chi connectivity index (χ0n) is 15.5. The van der Waals surface area contributed by atoms with Gasteiger partial charge >= 0.3 is 0 Å². The van der Waals surface area contributed by atoms with E-state index in [0.717, 1.165) is 12.8 Å². The van der Waals surface area contributed by atoms with Gasteiger partial charge < -0.3 is 10.8 Å². The number of hydrogen-bond donors (Lipinski definition) is 2. The van der Waals surface area contributed by atoms with Gasteiger partial charge in [-0.15, -0.1) is 0 Å². The van der Waals surface area contributed by atoms with Crippen LogP contribution in [0.4, 0.5) is 0 Å². The summed E-state index contributed by atoms with van der Waals surface area (Å²) in [4.78, 5) is 11.1. The van der Waals surface area contributed by atoms with Gasteiger partial charge in [0.1, 0.15) is 0 Å². The fourth-order valence-electron chi connectivity index (χ4n) is 2.98. The van der Waals surface area contributed by atoms with Crippen molar-refractivity contribution in [2.24, 2.45) is 5.73 Å². The molecule has 0 saturated carbocycles. The molecule has 0 radical (unpaired) electrons. The number of nitrogens with two attached hydrogens (primary N) is 1. The third-order valence-corrected chi connectivity index (χ3v) is 4.51. The second-order valence-corrected chi connectivity index (χ2v) is 6.77. The number of allylic oxidation sites excluding steroid dienone is 1. The first kappa shape index (κ1) is 22.0. The van der Waals surface area contributed by atoms with Crippen molar-refractivity contribution >= 4 is 5.91 Å². The summed E-state index contributed by atoms with van der Waals surface area (Å²) in [5, 5.41) is 9.37. The number of carbonyl (C=O) groups is 1. The Bertz CT molecular complexity index is 320. The smallest absolute Gasteiger partial charge is 0.247 e. The number of hydrogen-bond acceptors (Lipinski definition) is 2. The lowest BCUT2D eigenvalue weighted by Gasteiger charge is -2.05. The van der Waals surface area contributed by atoms with Crippen LogP contribution in [0.15, 0.2) is 11.3 Å². The minimum absolute atomic E-state index is 0.0761. The summed E-state index contributed by atoms with van der Waals surface area (Å²) < 4.78 is 0.